The first-order valence-corrected chi connectivity index (χ1v) is 5.37. The highest BCUT2D eigenvalue weighted by Crippen LogP contribution is 2.27. The molecular weight excluding hydrogens is 247 g/mol. The van der Waals surface area contributed by atoms with Gasteiger partial charge in [0.2, 0.25) is 0 Å². The topological polar surface area (TPSA) is 55.3 Å². The van der Waals surface area contributed by atoms with Gasteiger partial charge in [0.15, 0.2) is 5.58 Å². The Bertz CT molecular complexity index is 550. The number of fused-ring (bicyclic) bond motifs is 1. The van der Waals surface area contributed by atoms with Gasteiger partial charge in [-0.25, -0.2) is 0 Å². The summed E-state index contributed by atoms with van der Waals surface area (Å²) in [7, 11) is 0. The van der Waals surface area contributed by atoms with Crippen molar-refractivity contribution >= 4 is 22.8 Å². The van der Waals surface area contributed by atoms with Crippen LogP contribution in [0, 0.1) is 0 Å². The van der Waals surface area contributed by atoms with E-state index < -0.39 is 12.7 Å². The van der Waals surface area contributed by atoms with E-state index >= 15 is 0 Å². The summed E-state index contributed by atoms with van der Waals surface area (Å²) in [5.74, 6) is 0. The smallest absolute Gasteiger partial charge is 0.406 e. The molecule has 2 N–H and O–H groups in total. The second kappa shape index (κ2) is 4.40. The van der Waals surface area contributed by atoms with Crippen LogP contribution in [-0.4, -0.2) is 24.2 Å². The van der Waals surface area contributed by atoms with Crippen LogP contribution in [0.4, 0.5) is 24.9 Å². The molecule has 18 heavy (non-hydrogen) atoms. The van der Waals surface area contributed by atoms with Crippen LogP contribution in [0.5, 0.6) is 0 Å². The lowest BCUT2D eigenvalue weighted by molar-refractivity contribution is -0.120. The second-order valence-electron chi connectivity index (χ2n) is 3.82. The van der Waals surface area contributed by atoms with Crippen molar-refractivity contribution in [3.8, 4) is 0 Å². The lowest BCUT2D eigenvalue weighted by Gasteiger charge is -2.19. The number of hydrogen-bond donors (Lipinski definition) is 1. The van der Waals surface area contributed by atoms with Crippen LogP contribution in [0.3, 0.4) is 0 Å². The number of rotatable bonds is 3. The molecule has 7 heteroatoms. The number of halogens is 3. The highest BCUT2D eigenvalue weighted by atomic mass is 19.4. The molecule has 0 fully saturated rings. The molecule has 0 unspecified atom stereocenters. The summed E-state index contributed by atoms with van der Waals surface area (Å²) in [6.07, 6.45) is -4.30. The number of nitrogens with two attached hydrogens (primary N) is 1. The van der Waals surface area contributed by atoms with E-state index in [1.165, 1.54) is 0 Å². The highest BCUT2D eigenvalue weighted by molar-refractivity contribution is 5.86. The van der Waals surface area contributed by atoms with Gasteiger partial charge in [0.25, 0.3) is 6.01 Å². The Morgan fingerprint density at radius 3 is 2.67 bits per heavy atom. The molecule has 0 amide bonds. The van der Waals surface area contributed by atoms with Gasteiger partial charge in [0, 0.05) is 6.54 Å². The number of benzene rings is 1. The van der Waals surface area contributed by atoms with Gasteiger partial charge in [-0.15, -0.1) is 0 Å². The third-order valence-electron chi connectivity index (χ3n) is 2.46. The number of aromatic nitrogens is 1. The van der Waals surface area contributed by atoms with Crippen LogP contribution in [0.2, 0.25) is 0 Å². The van der Waals surface area contributed by atoms with Crippen LogP contribution >= 0.6 is 0 Å². The molecule has 0 saturated carbocycles. The summed E-state index contributed by atoms with van der Waals surface area (Å²) in [5.41, 5.74) is 6.82. The van der Waals surface area contributed by atoms with Crippen molar-refractivity contribution in [1.29, 1.82) is 0 Å². The lowest BCUT2D eigenvalue weighted by Crippen LogP contribution is -2.34. The predicted molar refractivity (Wildman–Crippen MR) is 62.4 cm³/mol. The molecule has 4 nitrogen and oxygen atoms in total. The summed E-state index contributed by atoms with van der Waals surface area (Å²) in [6, 6.07) is 4.83. The normalized spacial score (nSPS) is 12.0. The SMILES string of the molecule is CCN(CC(F)(F)F)c1nc2c(N)cccc2o1. The molecule has 0 aliphatic rings. The first-order valence-electron chi connectivity index (χ1n) is 5.37. The van der Waals surface area contributed by atoms with Crippen LogP contribution in [0.25, 0.3) is 11.1 Å². The van der Waals surface area contributed by atoms with Gasteiger partial charge in [0.1, 0.15) is 12.1 Å². The molecule has 2 aromatic rings. The number of anilines is 2. The third kappa shape index (κ3) is 2.49. The Labute approximate surface area is 101 Å². The van der Waals surface area contributed by atoms with E-state index in [0.29, 0.717) is 16.8 Å². The largest absolute Gasteiger partial charge is 0.423 e. The molecule has 0 saturated heterocycles. The molecule has 0 aliphatic carbocycles. The minimum absolute atomic E-state index is 0.0669. The van der Waals surface area contributed by atoms with E-state index in [4.69, 9.17) is 10.2 Å². The van der Waals surface area contributed by atoms with Crippen LogP contribution < -0.4 is 10.6 Å². The van der Waals surface area contributed by atoms with E-state index in [0.717, 1.165) is 4.90 Å². The highest BCUT2D eigenvalue weighted by Gasteiger charge is 2.32. The molecule has 1 aromatic heterocycles. The second-order valence-corrected chi connectivity index (χ2v) is 3.82. The van der Waals surface area contributed by atoms with Crippen molar-refractivity contribution in [3.05, 3.63) is 18.2 Å². The quantitative estimate of drug-likeness (QED) is 0.861. The number of nitrogen functional groups attached to an aromatic ring is 1. The standard InChI is InChI=1S/C11H12F3N3O/c1-2-17(6-11(12,13)14)10-16-9-7(15)4-3-5-8(9)18-10/h3-5H,2,6,15H2,1H3. The molecule has 0 aliphatic heterocycles. The summed E-state index contributed by atoms with van der Waals surface area (Å²) >= 11 is 0. The first-order chi connectivity index (χ1) is 8.40. The summed E-state index contributed by atoms with van der Waals surface area (Å²) in [5, 5.41) is 0. The van der Waals surface area contributed by atoms with E-state index in [1.54, 1.807) is 25.1 Å². The van der Waals surface area contributed by atoms with E-state index in [9.17, 15) is 13.2 Å². The maximum Gasteiger partial charge on any atom is 0.406 e. The summed E-state index contributed by atoms with van der Waals surface area (Å²) in [6.45, 7) is 0.645. The lowest BCUT2D eigenvalue weighted by atomic mass is 10.3. The van der Waals surface area contributed by atoms with Crippen LogP contribution in [0.1, 0.15) is 6.92 Å². The predicted octanol–water partition coefficient (Wildman–Crippen LogP) is 2.80. The fourth-order valence-electron chi connectivity index (χ4n) is 1.62. The Morgan fingerprint density at radius 2 is 2.11 bits per heavy atom. The number of para-hydroxylation sites is 1. The van der Waals surface area contributed by atoms with Crippen molar-refractivity contribution in [1.82, 2.24) is 4.98 Å². The summed E-state index contributed by atoms with van der Waals surface area (Å²) in [4.78, 5) is 5.02. The van der Waals surface area contributed by atoms with Crippen LogP contribution in [0.15, 0.2) is 22.6 Å². The first kappa shape index (κ1) is 12.5. The van der Waals surface area contributed by atoms with Crippen molar-refractivity contribution in [2.45, 2.75) is 13.1 Å². The Morgan fingerprint density at radius 1 is 1.39 bits per heavy atom. The number of alkyl halides is 3. The number of nitrogens with zero attached hydrogens (tertiary/aromatic N) is 2. The van der Waals surface area contributed by atoms with Gasteiger partial charge in [-0.05, 0) is 19.1 Å². The Hall–Kier alpha value is -1.92. The molecule has 98 valence electrons. The van der Waals surface area contributed by atoms with Crippen molar-refractivity contribution in [2.75, 3.05) is 23.7 Å². The van der Waals surface area contributed by atoms with E-state index in [-0.39, 0.29) is 12.6 Å². The van der Waals surface area contributed by atoms with Gasteiger partial charge >= 0.3 is 6.18 Å². The minimum Gasteiger partial charge on any atom is -0.423 e. The summed E-state index contributed by atoms with van der Waals surface area (Å²) < 4.78 is 42.4. The van der Waals surface area contributed by atoms with Crippen molar-refractivity contribution in [2.24, 2.45) is 0 Å². The molecular formula is C11H12F3N3O. The molecule has 0 spiro atoms. The zero-order chi connectivity index (χ0) is 13.3. The zero-order valence-corrected chi connectivity index (χ0v) is 9.66. The maximum atomic E-state index is 12.4. The zero-order valence-electron chi connectivity index (χ0n) is 9.66. The molecule has 0 radical (unpaired) electrons. The Balaban J connectivity index is 2.37. The maximum absolute atomic E-state index is 12.4. The monoisotopic (exact) mass is 259 g/mol. The van der Waals surface area contributed by atoms with Gasteiger partial charge in [0.05, 0.1) is 5.69 Å². The van der Waals surface area contributed by atoms with Crippen molar-refractivity contribution in [3.63, 3.8) is 0 Å². The third-order valence-corrected chi connectivity index (χ3v) is 2.46. The van der Waals surface area contributed by atoms with Crippen LogP contribution in [-0.2, 0) is 0 Å². The fraction of sp³-hybridized carbons (Fsp3) is 0.364. The number of hydrogen-bond acceptors (Lipinski definition) is 4. The molecule has 0 atom stereocenters. The van der Waals surface area contributed by atoms with E-state index in [1.807, 2.05) is 0 Å². The minimum atomic E-state index is -4.30. The van der Waals surface area contributed by atoms with Gasteiger partial charge in [-0.2, -0.15) is 18.2 Å². The Kier molecular flexibility index (Phi) is 3.06. The van der Waals surface area contributed by atoms with Gasteiger partial charge in [-0.3, -0.25) is 0 Å². The average Bonchev–Trinajstić information content (AvgIpc) is 2.70. The fourth-order valence-corrected chi connectivity index (χ4v) is 1.62. The van der Waals surface area contributed by atoms with Gasteiger partial charge in [-0.1, -0.05) is 6.07 Å². The average molecular weight is 259 g/mol. The molecule has 0 bridgehead atoms. The molecule has 2 rings (SSSR count). The molecule has 1 heterocycles. The van der Waals surface area contributed by atoms with Crippen molar-refractivity contribution < 1.29 is 17.6 Å². The van der Waals surface area contributed by atoms with Gasteiger partial charge < -0.3 is 15.1 Å². The molecule has 1 aromatic carbocycles. The number of oxazole rings is 1. The van der Waals surface area contributed by atoms with E-state index in [2.05, 4.69) is 4.98 Å².